The van der Waals surface area contributed by atoms with Gasteiger partial charge in [0.1, 0.15) is 5.75 Å². The molecule has 0 saturated heterocycles. The molecule has 2 heterocycles. The van der Waals surface area contributed by atoms with Gasteiger partial charge in [-0.1, -0.05) is 30.3 Å². The van der Waals surface area contributed by atoms with E-state index >= 15 is 0 Å². The Labute approximate surface area is 202 Å². The van der Waals surface area contributed by atoms with Crippen molar-refractivity contribution in [2.75, 3.05) is 27.2 Å². The number of nitrogens with zero attached hydrogens (tertiary/aromatic N) is 3. The van der Waals surface area contributed by atoms with Gasteiger partial charge in [-0.15, -0.1) is 0 Å². The molecule has 0 atom stereocenters. The highest BCUT2D eigenvalue weighted by Gasteiger charge is 2.40. The first-order valence-electron chi connectivity index (χ1n) is 11.4. The van der Waals surface area contributed by atoms with E-state index in [1.54, 1.807) is 18.2 Å². The molecule has 0 fully saturated rings. The Morgan fingerprint density at radius 1 is 0.943 bits per heavy atom. The summed E-state index contributed by atoms with van der Waals surface area (Å²) < 4.78 is 1.93. The second-order valence-corrected chi connectivity index (χ2v) is 9.07. The summed E-state index contributed by atoms with van der Waals surface area (Å²) in [7, 11) is 3.78. The van der Waals surface area contributed by atoms with Gasteiger partial charge >= 0.3 is 0 Å². The van der Waals surface area contributed by atoms with Crippen LogP contribution < -0.4 is 5.73 Å². The van der Waals surface area contributed by atoms with Gasteiger partial charge < -0.3 is 20.3 Å². The lowest BCUT2D eigenvalue weighted by Gasteiger charge is -2.17. The number of rotatable bonds is 7. The van der Waals surface area contributed by atoms with E-state index in [0.29, 0.717) is 46.1 Å². The molecular weight excluding hydrogens is 444 g/mol. The third-order valence-corrected chi connectivity index (χ3v) is 6.49. The van der Waals surface area contributed by atoms with Crippen molar-refractivity contribution >= 4 is 39.5 Å². The minimum atomic E-state index is -0.440. The number of carbonyl (C=O) groups excluding carboxylic acids is 3. The summed E-state index contributed by atoms with van der Waals surface area (Å²) in [6.45, 7) is 1.11. The second-order valence-electron chi connectivity index (χ2n) is 9.07. The molecule has 0 saturated carbocycles. The van der Waals surface area contributed by atoms with Crippen LogP contribution in [0, 0.1) is 0 Å². The monoisotopic (exact) mass is 470 g/mol. The van der Waals surface area contributed by atoms with Crippen molar-refractivity contribution in [1.29, 1.82) is 0 Å². The average molecular weight is 471 g/mol. The van der Waals surface area contributed by atoms with Crippen LogP contribution in [-0.4, -0.2) is 64.4 Å². The first-order chi connectivity index (χ1) is 16.8. The van der Waals surface area contributed by atoms with Crippen molar-refractivity contribution in [2.24, 2.45) is 5.73 Å². The predicted octanol–water partition coefficient (Wildman–Crippen LogP) is 3.20. The third kappa shape index (κ3) is 3.72. The molecule has 0 bridgehead atoms. The van der Waals surface area contributed by atoms with Gasteiger partial charge in [-0.05, 0) is 49.5 Å². The van der Waals surface area contributed by atoms with Crippen LogP contribution >= 0.6 is 0 Å². The van der Waals surface area contributed by atoms with Gasteiger partial charge in [0.15, 0.2) is 0 Å². The van der Waals surface area contributed by atoms with Crippen LogP contribution in [-0.2, 0) is 11.3 Å². The Kier molecular flexibility index (Phi) is 5.53. The number of hydrogen-bond acceptors (Lipinski definition) is 5. The largest absolute Gasteiger partial charge is 0.508 e. The summed E-state index contributed by atoms with van der Waals surface area (Å²) in [5.41, 5.74) is 9.08. The van der Waals surface area contributed by atoms with E-state index in [4.69, 9.17) is 5.73 Å². The molecule has 1 aliphatic heterocycles. The van der Waals surface area contributed by atoms with Gasteiger partial charge in [0.05, 0.1) is 16.6 Å². The zero-order chi connectivity index (χ0) is 24.9. The van der Waals surface area contributed by atoms with Gasteiger partial charge in [-0.3, -0.25) is 19.3 Å². The Hall–Kier alpha value is -4.17. The molecule has 3 N–H and O–H groups in total. The number of amides is 3. The number of benzene rings is 3. The van der Waals surface area contributed by atoms with E-state index in [1.807, 2.05) is 60.0 Å². The fourth-order valence-electron chi connectivity index (χ4n) is 4.85. The molecule has 8 nitrogen and oxygen atoms in total. The summed E-state index contributed by atoms with van der Waals surface area (Å²) in [4.78, 5) is 42.3. The van der Waals surface area contributed by atoms with E-state index in [-0.39, 0.29) is 30.5 Å². The van der Waals surface area contributed by atoms with Crippen LogP contribution in [0.1, 0.15) is 27.1 Å². The normalized spacial score (nSPS) is 13.4. The SMILES string of the molecule is CN(C)CCN1C(=O)c2c(-c3ccccc3)cc3c(c2C1=O)c1cc(O)ccc1n3CCC(N)=O. The molecule has 4 aromatic rings. The lowest BCUT2D eigenvalue weighted by atomic mass is 9.93. The third-order valence-electron chi connectivity index (χ3n) is 6.49. The lowest BCUT2D eigenvalue weighted by Crippen LogP contribution is -2.36. The average Bonchev–Trinajstić information content (AvgIpc) is 3.26. The maximum absolute atomic E-state index is 13.8. The van der Waals surface area contributed by atoms with E-state index in [2.05, 4.69) is 0 Å². The smallest absolute Gasteiger partial charge is 0.262 e. The van der Waals surface area contributed by atoms with Crippen molar-refractivity contribution in [2.45, 2.75) is 13.0 Å². The van der Waals surface area contributed by atoms with E-state index < -0.39 is 5.91 Å². The number of phenols is 1. The summed E-state index contributed by atoms with van der Waals surface area (Å²) in [5.74, 6) is -1.07. The van der Waals surface area contributed by atoms with Crippen molar-refractivity contribution in [3.8, 4) is 16.9 Å². The highest BCUT2D eigenvalue weighted by atomic mass is 16.3. The van der Waals surface area contributed by atoms with Gasteiger partial charge in [-0.2, -0.15) is 0 Å². The van der Waals surface area contributed by atoms with Gasteiger partial charge in [0, 0.05) is 42.3 Å². The van der Waals surface area contributed by atoms with Gasteiger partial charge in [0.2, 0.25) is 5.91 Å². The minimum absolute atomic E-state index is 0.0496. The number of aromatic hydroxyl groups is 1. The number of likely N-dealkylation sites (N-methyl/N-ethyl adjacent to an activating group) is 1. The second kappa shape index (κ2) is 8.56. The Balaban J connectivity index is 1.87. The number of hydrogen-bond donors (Lipinski definition) is 2. The number of imide groups is 1. The first-order valence-corrected chi connectivity index (χ1v) is 11.4. The molecular formula is C27H26N4O4. The van der Waals surface area contributed by atoms with Crippen LogP contribution in [0.15, 0.2) is 54.6 Å². The van der Waals surface area contributed by atoms with Gasteiger partial charge in [-0.25, -0.2) is 0 Å². The molecule has 1 aromatic heterocycles. The topological polar surface area (TPSA) is 109 Å². The maximum Gasteiger partial charge on any atom is 0.262 e. The number of carbonyl (C=O) groups is 3. The fourth-order valence-corrected chi connectivity index (χ4v) is 4.85. The summed E-state index contributed by atoms with van der Waals surface area (Å²) >= 11 is 0. The van der Waals surface area contributed by atoms with Crippen LogP contribution in [0.2, 0.25) is 0 Å². The van der Waals surface area contributed by atoms with Crippen molar-refractivity contribution < 1.29 is 19.5 Å². The molecule has 0 aliphatic carbocycles. The number of fused-ring (bicyclic) bond motifs is 5. The standard InChI is InChI=1S/C27H26N4O4/c1-29(2)12-13-31-26(34)24-18(16-6-4-3-5-7-16)15-21-23(25(24)27(31)35)19-14-17(32)8-9-20(19)30(21)11-10-22(28)33/h3-9,14-15,32H,10-13H2,1-2H3,(H2,28,33). The van der Waals surface area contributed by atoms with E-state index in [9.17, 15) is 19.5 Å². The number of aromatic nitrogens is 1. The van der Waals surface area contributed by atoms with E-state index in [0.717, 1.165) is 11.1 Å². The zero-order valence-electron chi connectivity index (χ0n) is 19.6. The summed E-state index contributed by atoms with van der Waals surface area (Å²) in [6, 6.07) is 16.3. The van der Waals surface area contributed by atoms with Crippen LogP contribution in [0.4, 0.5) is 0 Å². The summed E-state index contributed by atoms with van der Waals surface area (Å²) in [5, 5.41) is 11.5. The molecule has 1 aliphatic rings. The van der Waals surface area contributed by atoms with Crippen molar-refractivity contribution in [3.63, 3.8) is 0 Å². The molecule has 3 amide bonds. The van der Waals surface area contributed by atoms with Crippen LogP contribution in [0.3, 0.4) is 0 Å². The molecule has 178 valence electrons. The molecule has 0 radical (unpaired) electrons. The molecule has 35 heavy (non-hydrogen) atoms. The van der Waals surface area contributed by atoms with Crippen molar-refractivity contribution in [1.82, 2.24) is 14.4 Å². The Bertz CT molecular complexity index is 1500. The lowest BCUT2D eigenvalue weighted by molar-refractivity contribution is -0.118. The molecule has 3 aromatic carbocycles. The van der Waals surface area contributed by atoms with Crippen LogP contribution in [0.25, 0.3) is 32.9 Å². The van der Waals surface area contributed by atoms with Gasteiger partial charge in [0.25, 0.3) is 11.8 Å². The number of aryl methyl sites for hydroxylation is 1. The highest BCUT2D eigenvalue weighted by molar-refractivity contribution is 6.32. The number of primary amides is 1. The highest BCUT2D eigenvalue weighted by Crippen LogP contribution is 2.43. The summed E-state index contributed by atoms with van der Waals surface area (Å²) in [6.07, 6.45) is 0.110. The van der Waals surface area contributed by atoms with E-state index in [1.165, 1.54) is 4.90 Å². The molecule has 8 heteroatoms. The van der Waals surface area contributed by atoms with Crippen molar-refractivity contribution in [3.05, 3.63) is 65.7 Å². The number of nitrogens with two attached hydrogens (primary N) is 1. The molecule has 0 spiro atoms. The molecule has 5 rings (SSSR count). The predicted molar refractivity (Wildman–Crippen MR) is 134 cm³/mol. The van der Waals surface area contributed by atoms with Crippen LogP contribution in [0.5, 0.6) is 5.75 Å². The molecule has 0 unspecified atom stereocenters. The first kappa shape index (κ1) is 22.6. The Morgan fingerprint density at radius 3 is 2.34 bits per heavy atom. The Morgan fingerprint density at radius 2 is 1.66 bits per heavy atom. The quantitative estimate of drug-likeness (QED) is 0.403. The zero-order valence-corrected chi connectivity index (χ0v) is 19.6. The fraction of sp³-hybridized carbons (Fsp3) is 0.222. The minimum Gasteiger partial charge on any atom is -0.508 e. The maximum atomic E-state index is 13.8. The number of phenolic OH excluding ortho intramolecular Hbond substituents is 1.